The van der Waals surface area contributed by atoms with Crippen molar-refractivity contribution in [3.05, 3.63) is 53.9 Å². The maximum absolute atomic E-state index is 12.3. The number of aryl methyl sites for hydroxylation is 2. The minimum absolute atomic E-state index is 0.118. The van der Waals surface area contributed by atoms with Crippen LogP contribution in [0.15, 0.2) is 47.5 Å². The van der Waals surface area contributed by atoms with Crippen molar-refractivity contribution in [3.63, 3.8) is 0 Å². The number of thioether (sulfide) groups is 1. The molecule has 1 aromatic heterocycles. The van der Waals surface area contributed by atoms with Gasteiger partial charge in [-0.1, -0.05) is 30.3 Å². The molecular formula is C14H12F3NO2S. The second kappa shape index (κ2) is 6.26. The van der Waals surface area contributed by atoms with E-state index in [9.17, 15) is 18.0 Å². The molecule has 0 spiro atoms. The molecule has 3 nitrogen and oxygen atoms in total. The molecule has 21 heavy (non-hydrogen) atoms. The topological polar surface area (TPSA) is 42.2 Å². The first kappa shape index (κ1) is 15.5. The zero-order valence-corrected chi connectivity index (χ0v) is 11.6. The van der Waals surface area contributed by atoms with E-state index >= 15 is 0 Å². The molecule has 1 heterocycles. The van der Waals surface area contributed by atoms with Crippen molar-refractivity contribution >= 4 is 17.7 Å². The average Bonchev–Trinajstić information content (AvgIpc) is 2.78. The molecule has 0 aliphatic carbocycles. The molecule has 0 saturated heterocycles. The fraction of sp³-hybridized carbons (Fsp3) is 0.214. The number of hydrogen-bond acceptors (Lipinski definition) is 2. The average molecular weight is 315 g/mol. The van der Waals surface area contributed by atoms with Crippen LogP contribution < -0.4 is 0 Å². The number of hydrogen-bond donors (Lipinski definition) is 1. The summed E-state index contributed by atoms with van der Waals surface area (Å²) in [6.45, 7) is 0.310. The van der Waals surface area contributed by atoms with Gasteiger partial charge in [0.1, 0.15) is 5.69 Å². The predicted molar refractivity (Wildman–Crippen MR) is 73.4 cm³/mol. The monoisotopic (exact) mass is 315 g/mol. The van der Waals surface area contributed by atoms with Crippen LogP contribution in [0.3, 0.4) is 0 Å². The number of aromatic nitrogens is 1. The van der Waals surface area contributed by atoms with Crippen molar-refractivity contribution in [2.24, 2.45) is 0 Å². The van der Waals surface area contributed by atoms with Gasteiger partial charge in [-0.15, -0.1) is 0 Å². The molecule has 0 aliphatic heterocycles. The van der Waals surface area contributed by atoms with E-state index in [0.717, 1.165) is 11.6 Å². The van der Waals surface area contributed by atoms with Gasteiger partial charge in [0.05, 0.1) is 0 Å². The largest absolute Gasteiger partial charge is 0.477 e. The van der Waals surface area contributed by atoms with E-state index in [2.05, 4.69) is 0 Å². The van der Waals surface area contributed by atoms with Crippen molar-refractivity contribution in [3.8, 4) is 0 Å². The first-order chi connectivity index (χ1) is 9.85. The molecule has 2 rings (SSSR count). The molecule has 2 aromatic rings. The molecule has 1 N–H and O–H groups in total. The van der Waals surface area contributed by atoms with E-state index < -0.39 is 11.5 Å². The number of carboxylic acid groups (broad SMARTS) is 1. The molecule has 7 heteroatoms. The van der Waals surface area contributed by atoms with Gasteiger partial charge in [-0.25, -0.2) is 4.79 Å². The number of halogens is 3. The highest BCUT2D eigenvalue weighted by molar-refractivity contribution is 8.00. The van der Waals surface area contributed by atoms with Gasteiger partial charge in [-0.2, -0.15) is 13.2 Å². The number of carboxylic acids is 1. The zero-order chi connectivity index (χ0) is 15.5. The Balaban J connectivity index is 2.15. The Kier molecular flexibility index (Phi) is 4.62. The second-order valence-electron chi connectivity index (χ2n) is 4.34. The normalized spacial score (nSPS) is 11.6. The molecule has 0 bridgehead atoms. The summed E-state index contributed by atoms with van der Waals surface area (Å²) in [4.78, 5) is 11.0. The summed E-state index contributed by atoms with van der Waals surface area (Å²) >= 11 is -0.309. The highest BCUT2D eigenvalue weighted by atomic mass is 32.2. The minimum Gasteiger partial charge on any atom is -0.477 e. The number of aromatic carboxylic acids is 1. The van der Waals surface area contributed by atoms with Gasteiger partial charge in [0.25, 0.3) is 0 Å². The summed E-state index contributed by atoms with van der Waals surface area (Å²) in [5.74, 6) is -1.24. The summed E-state index contributed by atoms with van der Waals surface area (Å²) < 4.78 is 38.4. The van der Waals surface area contributed by atoms with Crippen LogP contribution in [0, 0.1) is 0 Å². The van der Waals surface area contributed by atoms with Crippen LogP contribution in [0.25, 0.3) is 0 Å². The lowest BCUT2D eigenvalue weighted by molar-refractivity contribution is -0.0328. The third kappa shape index (κ3) is 4.56. The Hall–Kier alpha value is -1.89. The number of carbonyl (C=O) groups is 1. The zero-order valence-electron chi connectivity index (χ0n) is 10.8. The van der Waals surface area contributed by atoms with Crippen LogP contribution in [-0.4, -0.2) is 21.2 Å². The van der Waals surface area contributed by atoms with E-state index in [-0.39, 0.29) is 22.4 Å². The molecule has 0 radical (unpaired) electrons. The van der Waals surface area contributed by atoms with Gasteiger partial charge < -0.3 is 9.67 Å². The summed E-state index contributed by atoms with van der Waals surface area (Å²) in [5.41, 5.74) is -3.58. The van der Waals surface area contributed by atoms with Crippen LogP contribution in [0.2, 0.25) is 0 Å². The van der Waals surface area contributed by atoms with Crippen molar-refractivity contribution < 1.29 is 23.1 Å². The van der Waals surface area contributed by atoms with Crippen LogP contribution >= 0.6 is 11.8 Å². The fourth-order valence-corrected chi connectivity index (χ4v) is 2.55. The van der Waals surface area contributed by atoms with Crippen LogP contribution in [-0.2, 0) is 13.0 Å². The van der Waals surface area contributed by atoms with Gasteiger partial charge in [0, 0.05) is 17.6 Å². The fourth-order valence-electron chi connectivity index (χ4n) is 1.93. The standard InChI is InChI=1S/C14H12F3NO2S/c15-14(16,17)21-11-8-12(13(19)20)18(9-11)7-6-10-4-2-1-3-5-10/h1-5,8-9H,6-7H2,(H,19,20). The highest BCUT2D eigenvalue weighted by Gasteiger charge is 2.30. The number of alkyl halides is 3. The van der Waals surface area contributed by atoms with Gasteiger partial charge >= 0.3 is 11.5 Å². The molecular weight excluding hydrogens is 303 g/mol. The van der Waals surface area contributed by atoms with Crippen LogP contribution in [0.1, 0.15) is 16.1 Å². The molecule has 0 unspecified atom stereocenters. The van der Waals surface area contributed by atoms with Gasteiger partial charge in [-0.05, 0) is 29.8 Å². The predicted octanol–water partition coefficient (Wildman–Crippen LogP) is 4.04. The Labute approximate surface area is 123 Å². The maximum atomic E-state index is 12.3. The third-order valence-corrected chi connectivity index (χ3v) is 3.50. The molecule has 1 aromatic carbocycles. The highest BCUT2D eigenvalue weighted by Crippen LogP contribution is 2.37. The van der Waals surface area contributed by atoms with Crippen molar-refractivity contribution in [1.82, 2.24) is 4.57 Å². The lowest BCUT2D eigenvalue weighted by atomic mass is 10.1. The molecule has 112 valence electrons. The molecule has 0 fully saturated rings. The second-order valence-corrected chi connectivity index (χ2v) is 5.48. The molecule has 0 atom stereocenters. The maximum Gasteiger partial charge on any atom is 0.446 e. The van der Waals surface area contributed by atoms with Crippen molar-refractivity contribution in [1.29, 1.82) is 0 Å². The minimum atomic E-state index is -4.43. The summed E-state index contributed by atoms with van der Waals surface area (Å²) in [5, 5.41) is 9.06. The lowest BCUT2D eigenvalue weighted by Crippen LogP contribution is -2.09. The van der Waals surface area contributed by atoms with Gasteiger partial charge in [0.15, 0.2) is 0 Å². The van der Waals surface area contributed by atoms with E-state index in [1.165, 1.54) is 10.8 Å². The quantitative estimate of drug-likeness (QED) is 0.847. The first-order valence-electron chi connectivity index (χ1n) is 6.08. The van der Waals surface area contributed by atoms with Crippen LogP contribution in [0.4, 0.5) is 13.2 Å². The lowest BCUT2D eigenvalue weighted by Gasteiger charge is -2.06. The molecule has 0 saturated carbocycles. The van der Waals surface area contributed by atoms with E-state index in [0.29, 0.717) is 13.0 Å². The Morgan fingerprint density at radius 1 is 1.24 bits per heavy atom. The summed E-state index contributed by atoms with van der Waals surface area (Å²) in [6, 6.07) is 10.4. The van der Waals surface area contributed by atoms with Gasteiger partial charge in [0.2, 0.25) is 0 Å². The Bertz CT molecular complexity index is 623. The van der Waals surface area contributed by atoms with Gasteiger partial charge in [-0.3, -0.25) is 0 Å². The number of rotatable bonds is 5. The van der Waals surface area contributed by atoms with E-state index in [1.807, 2.05) is 30.3 Å². The number of benzene rings is 1. The Morgan fingerprint density at radius 2 is 1.90 bits per heavy atom. The summed E-state index contributed by atoms with van der Waals surface area (Å²) in [6.07, 6.45) is 1.77. The third-order valence-electron chi connectivity index (χ3n) is 2.81. The van der Waals surface area contributed by atoms with E-state index in [1.54, 1.807) is 0 Å². The smallest absolute Gasteiger partial charge is 0.446 e. The first-order valence-corrected chi connectivity index (χ1v) is 6.90. The van der Waals surface area contributed by atoms with Crippen LogP contribution in [0.5, 0.6) is 0 Å². The van der Waals surface area contributed by atoms with Crippen molar-refractivity contribution in [2.75, 3.05) is 0 Å². The molecule has 0 amide bonds. The van der Waals surface area contributed by atoms with E-state index in [4.69, 9.17) is 5.11 Å². The SMILES string of the molecule is O=C(O)c1cc(SC(F)(F)F)cn1CCc1ccccc1. The van der Waals surface area contributed by atoms with Crippen molar-refractivity contribution in [2.45, 2.75) is 23.4 Å². The molecule has 0 aliphatic rings. The summed E-state index contributed by atoms with van der Waals surface area (Å²) in [7, 11) is 0. The number of nitrogens with zero attached hydrogens (tertiary/aromatic N) is 1. The Morgan fingerprint density at radius 3 is 2.48 bits per heavy atom.